The number of halogens is 2. The first-order valence-electron chi connectivity index (χ1n) is 6.75. The van der Waals surface area contributed by atoms with E-state index in [9.17, 15) is 33.4 Å². The van der Waals surface area contributed by atoms with Crippen molar-refractivity contribution in [3.63, 3.8) is 0 Å². The SMILES string of the molecule is CC(=O)c1cc(F)cc(C(=O)c2cc(F)cc(C(C)=O)c2O)c1O. The van der Waals surface area contributed by atoms with Gasteiger partial charge >= 0.3 is 0 Å². The molecule has 7 heteroatoms. The van der Waals surface area contributed by atoms with Gasteiger partial charge in [-0.15, -0.1) is 0 Å². The fraction of sp³-hybridized carbons (Fsp3) is 0.118. The van der Waals surface area contributed by atoms with E-state index in [2.05, 4.69) is 0 Å². The highest BCUT2D eigenvalue weighted by molar-refractivity contribution is 6.15. The van der Waals surface area contributed by atoms with Gasteiger partial charge < -0.3 is 10.2 Å². The Morgan fingerprint density at radius 2 is 1.00 bits per heavy atom. The molecule has 0 saturated carbocycles. The fourth-order valence-electron chi connectivity index (χ4n) is 2.23. The Morgan fingerprint density at radius 3 is 1.29 bits per heavy atom. The summed E-state index contributed by atoms with van der Waals surface area (Å²) in [5, 5.41) is 20.0. The summed E-state index contributed by atoms with van der Waals surface area (Å²) >= 11 is 0. The van der Waals surface area contributed by atoms with Crippen molar-refractivity contribution in [3.05, 3.63) is 58.2 Å². The third-order valence-corrected chi connectivity index (χ3v) is 3.40. The van der Waals surface area contributed by atoms with E-state index in [-0.39, 0.29) is 0 Å². The molecule has 0 aliphatic rings. The average Bonchev–Trinajstić information content (AvgIpc) is 2.49. The monoisotopic (exact) mass is 334 g/mol. The average molecular weight is 334 g/mol. The molecule has 124 valence electrons. The number of aromatic hydroxyl groups is 2. The van der Waals surface area contributed by atoms with Crippen molar-refractivity contribution >= 4 is 17.3 Å². The Morgan fingerprint density at radius 1 is 0.708 bits per heavy atom. The summed E-state index contributed by atoms with van der Waals surface area (Å²) in [5.74, 6) is -6.02. The second-order valence-corrected chi connectivity index (χ2v) is 5.14. The van der Waals surface area contributed by atoms with Crippen LogP contribution in [0.15, 0.2) is 24.3 Å². The second kappa shape index (κ2) is 6.19. The Bertz CT molecular complexity index is 816. The Kier molecular flexibility index (Phi) is 4.45. The normalized spacial score (nSPS) is 10.5. The molecule has 2 N–H and O–H groups in total. The molecule has 0 unspecified atom stereocenters. The van der Waals surface area contributed by atoms with E-state index in [1.165, 1.54) is 0 Å². The molecule has 0 saturated heterocycles. The van der Waals surface area contributed by atoms with Crippen LogP contribution in [0, 0.1) is 11.6 Å². The van der Waals surface area contributed by atoms with Crippen molar-refractivity contribution in [3.8, 4) is 11.5 Å². The lowest BCUT2D eigenvalue weighted by Crippen LogP contribution is -2.08. The lowest BCUT2D eigenvalue weighted by atomic mass is 9.95. The van der Waals surface area contributed by atoms with E-state index in [0.29, 0.717) is 12.1 Å². The number of Topliss-reactive ketones (excluding diaryl/α,β-unsaturated/α-hetero) is 2. The number of carbonyl (C=O) groups excluding carboxylic acids is 3. The molecule has 0 aliphatic heterocycles. The summed E-state index contributed by atoms with van der Waals surface area (Å²) in [4.78, 5) is 35.3. The number of carbonyl (C=O) groups is 3. The lowest BCUT2D eigenvalue weighted by Gasteiger charge is -2.11. The van der Waals surface area contributed by atoms with Crippen LogP contribution in [0.3, 0.4) is 0 Å². The molecule has 0 aromatic heterocycles. The zero-order valence-corrected chi connectivity index (χ0v) is 12.7. The minimum Gasteiger partial charge on any atom is -0.506 e. The van der Waals surface area contributed by atoms with E-state index >= 15 is 0 Å². The third-order valence-electron chi connectivity index (χ3n) is 3.40. The number of rotatable bonds is 4. The van der Waals surface area contributed by atoms with Gasteiger partial charge in [0.15, 0.2) is 11.6 Å². The number of hydrogen-bond acceptors (Lipinski definition) is 5. The van der Waals surface area contributed by atoms with Crippen LogP contribution >= 0.6 is 0 Å². The molecule has 2 aromatic carbocycles. The van der Waals surface area contributed by atoms with Crippen LogP contribution in [-0.2, 0) is 0 Å². The molecule has 0 radical (unpaired) electrons. The summed E-state index contributed by atoms with van der Waals surface area (Å²) in [7, 11) is 0. The standard InChI is InChI=1S/C17H12F2O5/c1-7(20)11-3-9(18)5-13(15(11)22)17(24)14-6-10(19)4-12(8(2)21)16(14)23/h3-6,22-23H,1-2H3. The summed E-state index contributed by atoms with van der Waals surface area (Å²) in [5.41, 5.74) is -2.12. The zero-order valence-electron chi connectivity index (χ0n) is 12.7. The van der Waals surface area contributed by atoms with Crippen molar-refractivity contribution in [1.29, 1.82) is 0 Å². The van der Waals surface area contributed by atoms with Gasteiger partial charge in [0.2, 0.25) is 5.78 Å². The predicted molar refractivity (Wildman–Crippen MR) is 79.6 cm³/mol. The molecule has 0 aliphatic carbocycles. The molecule has 2 rings (SSSR count). The van der Waals surface area contributed by atoms with Crippen LogP contribution in [-0.4, -0.2) is 27.6 Å². The Hall–Kier alpha value is -3.09. The van der Waals surface area contributed by atoms with Crippen LogP contribution in [0.2, 0.25) is 0 Å². The molecule has 0 amide bonds. The predicted octanol–water partition coefficient (Wildman–Crippen LogP) is 3.01. The number of benzene rings is 2. The van der Waals surface area contributed by atoms with Crippen molar-refractivity contribution in [2.75, 3.05) is 0 Å². The zero-order chi connectivity index (χ0) is 18.2. The van der Waals surface area contributed by atoms with Gasteiger partial charge in [-0.05, 0) is 38.1 Å². The molecule has 2 aromatic rings. The smallest absolute Gasteiger partial charge is 0.200 e. The van der Waals surface area contributed by atoms with Crippen LogP contribution in [0.1, 0.15) is 50.5 Å². The summed E-state index contributed by atoms with van der Waals surface area (Å²) in [6, 6.07) is 2.81. The summed E-state index contributed by atoms with van der Waals surface area (Å²) in [6.45, 7) is 2.13. The molecule has 0 spiro atoms. The Balaban J connectivity index is 2.71. The van der Waals surface area contributed by atoms with E-state index in [1.807, 2.05) is 0 Å². The fourth-order valence-corrected chi connectivity index (χ4v) is 2.23. The highest BCUT2D eigenvalue weighted by Crippen LogP contribution is 2.32. The molecule has 0 heterocycles. The van der Waals surface area contributed by atoms with Crippen molar-refractivity contribution in [2.24, 2.45) is 0 Å². The van der Waals surface area contributed by atoms with Crippen molar-refractivity contribution in [1.82, 2.24) is 0 Å². The van der Waals surface area contributed by atoms with Gasteiger partial charge in [0.1, 0.15) is 23.1 Å². The maximum absolute atomic E-state index is 13.6. The molecule has 24 heavy (non-hydrogen) atoms. The first-order chi connectivity index (χ1) is 11.1. The van der Waals surface area contributed by atoms with Crippen molar-refractivity contribution < 1.29 is 33.4 Å². The van der Waals surface area contributed by atoms with E-state index < -0.39 is 62.7 Å². The van der Waals surface area contributed by atoms with Gasteiger partial charge in [-0.25, -0.2) is 8.78 Å². The van der Waals surface area contributed by atoms with Gasteiger partial charge in [-0.2, -0.15) is 0 Å². The van der Waals surface area contributed by atoms with Gasteiger partial charge in [-0.1, -0.05) is 0 Å². The first-order valence-corrected chi connectivity index (χ1v) is 6.75. The molecule has 0 atom stereocenters. The molecule has 0 bridgehead atoms. The maximum atomic E-state index is 13.6. The van der Waals surface area contributed by atoms with Gasteiger partial charge in [0.05, 0.1) is 22.3 Å². The van der Waals surface area contributed by atoms with Crippen molar-refractivity contribution in [2.45, 2.75) is 13.8 Å². The van der Waals surface area contributed by atoms with Gasteiger partial charge in [0.25, 0.3) is 0 Å². The largest absolute Gasteiger partial charge is 0.506 e. The highest BCUT2D eigenvalue weighted by Gasteiger charge is 2.25. The topological polar surface area (TPSA) is 91.7 Å². The van der Waals surface area contributed by atoms with E-state index in [4.69, 9.17) is 0 Å². The van der Waals surface area contributed by atoms with Crippen LogP contribution in [0.5, 0.6) is 11.5 Å². The maximum Gasteiger partial charge on any atom is 0.200 e. The molecular weight excluding hydrogens is 322 g/mol. The lowest BCUT2D eigenvalue weighted by molar-refractivity contribution is 0.100. The highest BCUT2D eigenvalue weighted by atomic mass is 19.1. The third kappa shape index (κ3) is 3.01. The quantitative estimate of drug-likeness (QED) is 0.839. The molecular formula is C17H12F2O5. The summed E-state index contributed by atoms with van der Waals surface area (Å²) in [6.07, 6.45) is 0. The summed E-state index contributed by atoms with van der Waals surface area (Å²) < 4.78 is 27.3. The first kappa shape index (κ1) is 17.3. The number of phenols is 2. The van der Waals surface area contributed by atoms with E-state index in [0.717, 1.165) is 26.0 Å². The second-order valence-electron chi connectivity index (χ2n) is 5.14. The Labute approximate surface area is 135 Å². The number of hydrogen-bond donors (Lipinski definition) is 2. The van der Waals surface area contributed by atoms with E-state index in [1.54, 1.807) is 0 Å². The van der Waals surface area contributed by atoms with Gasteiger partial charge in [0, 0.05) is 0 Å². The number of ketones is 3. The van der Waals surface area contributed by atoms with Crippen LogP contribution in [0.25, 0.3) is 0 Å². The molecule has 5 nitrogen and oxygen atoms in total. The minimum absolute atomic E-state index is 0.430. The minimum atomic E-state index is -1.13. The van der Waals surface area contributed by atoms with Crippen LogP contribution < -0.4 is 0 Å². The van der Waals surface area contributed by atoms with Crippen LogP contribution in [0.4, 0.5) is 8.78 Å². The van der Waals surface area contributed by atoms with Gasteiger partial charge in [-0.3, -0.25) is 14.4 Å². The number of phenolic OH excluding ortho intramolecular Hbond substituents is 2. The molecule has 0 fully saturated rings.